The molecule has 1 atom stereocenters. The van der Waals surface area contributed by atoms with Gasteiger partial charge in [0.05, 0.1) is 23.5 Å². The number of rotatable bonds is 4. The van der Waals surface area contributed by atoms with Crippen LogP contribution >= 0.6 is 11.6 Å². The molecule has 0 aliphatic carbocycles. The molecule has 3 aromatic rings. The Morgan fingerprint density at radius 1 is 1.20 bits per heavy atom. The number of halogens is 2. The van der Waals surface area contributed by atoms with Crippen LogP contribution in [0, 0.1) is 12.7 Å². The molecule has 0 aliphatic rings. The Morgan fingerprint density at radius 2 is 1.88 bits per heavy atom. The summed E-state index contributed by atoms with van der Waals surface area (Å²) in [7, 11) is 0. The monoisotopic (exact) mass is 357 g/mol. The molecule has 25 heavy (non-hydrogen) atoms. The molecule has 2 aromatic carbocycles. The fourth-order valence-electron chi connectivity index (χ4n) is 2.68. The van der Waals surface area contributed by atoms with E-state index in [1.165, 1.54) is 16.9 Å². The van der Waals surface area contributed by atoms with Crippen LogP contribution < -0.4 is 5.32 Å². The zero-order valence-electron chi connectivity index (χ0n) is 13.8. The van der Waals surface area contributed by atoms with E-state index in [9.17, 15) is 9.18 Å². The molecule has 0 bridgehead atoms. The van der Waals surface area contributed by atoms with Gasteiger partial charge in [0.15, 0.2) is 0 Å². The molecule has 1 aromatic heterocycles. The van der Waals surface area contributed by atoms with Crippen molar-refractivity contribution in [3.05, 3.63) is 82.4 Å². The second-order valence-corrected chi connectivity index (χ2v) is 6.13. The summed E-state index contributed by atoms with van der Waals surface area (Å²) in [4.78, 5) is 12.6. The molecule has 4 nitrogen and oxygen atoms in total. The van der Waals surface area contributed by atoms with Crippen molar-refractivity contribution in [3.8, 4) is 5.69 Å². The van der Waals surface area contributed by atoms with Gasteiger partial charge in [-0.2, -0.15) is 5.10 Å². The van der Waals surface area contributed by atoms with Gasteiger partial charge in [0.1, 0.15) is 11.5 Å². The fourth-order valence-corrected chi connectivity index (χ4v) is 2.98. The van der Waals surface area contributed by atoms with Crippen LogP contribution in [-0.4, -0.2) is 15.7 Å². The van der Waals surface area contributed by atoms with Crippen LogP contribution in [0.5, 0.6) is 0 Å². The zero-order valence-corrected chi connectivity index (χ0v) is 14.6. The quantitative estimate of drug-likeness (QED) is 0.749. The highest BCUT2D eigenvalue weighted by Gasteiger charge is 2.19. The van der Waals surface area contributed by atoms with Crippen molar-refractivity contribution in [1.29, 1.82) is 0 Å². The van der Waals surface area contributed by atoms with Crippen molar-refractivity contribution in [2.45, 2.75) is 19.9 Å². The van der Waals surface area contributed by atoms with Gasteiger partial charge in [-0.3, -0.25) is 4.79 Å². The summed E-state index contributed by atoms with van der Waals surface area (Å²) in [6.07, 6.45) is 1.44. The Hall–Kier alpha value is -2.66. The van der Waals surface area contributed by atoms with Crippen LogP contribution in [0.25, 0.3) is 5.69 Å². The highest BCUT2D eigenvalue weighted by Crippen LogP contribution is 2.23. The highest BCUT2D eigenvalue weighted by atomic mass is 35.5. The molecule has 128 valence electrons. The maximum absolute atomic E-state index is 14.0. The normalized spacial score (nSPS) is 12.0. The first kappa shape index (κ1) is 17.2. The third kappa shape index (κ3) is 3.42. The van der Waals surface area contributed by atoms with Gasteiger partial charge in [-0.15, -0.1) is 0 Å². The molecule has 0 saturated carbocycles. The number of carbonyl (C=O) groups is 1. The lowest BCUT2D eigenvalue weighted by Gasteiger charge is -2.15. The van der Waals surface area contributed by atoms with Crippen molar-refractivity contribution < 1.29 is 9.18 Å². The molecule has 0 radical (unpaired) electrons. The van der Waals surface area contributed by atoms with E-state index in [0.717, 1.165) is 5.56 Å². The Labute approximate surface area is 150 Å². The summed E-state index contributed by atoms with van der Waals surface area (Å²) in [6.45, 7) is 3.59. The van der Waals surface area contributed by atoms with Crippen LogP contribution in [0.4, 0.5) is 4.39 Å². The second-order valence-electron chi connectivity index (χ2n) is 5.72. The highest BCUT2D eigenvalue weighted by molar-refractivity contribution is 6.31. The van der Waals surface area contributed by atoms with Crippen LogP contribution in [-0.2, 0) is 0 Å². The molecule has 1 heterocycles. The topological polar surface area (TPSA) is 46.9 Å². The zero-order chi connectivity index (χ0) is 18.0. The van der Waals surface area contributed by atoms with Gasteiger partial charge < -0.3 is 5.32 Å². The van der Waals surface area contributed by atoms with Crippen molar-refractivity contribution in [2.24, 2.45) is 0 Å². The van der Waals surface area contributed by atoms with Crippen LogP contribution in [0.3, 0.4) is 0 Å². The Bertz CT molecular complexity index is 923. The van der Waals surface area contributed by atoms with E-state index in [2.05, 4.69) is 10.4 Å². The molecule has 1 amide bonds. The lowest BCUT2D eigenvalue weighted by atomic mass is 10.1. The van der Waals surface area contributed by atoms with Gasteiger partial charge in [-0.1, -0.05) is 41.9 Å². The molecule has 1 unspecified atom stereocenters. The number of benzene rings is 2. The number of carbonyl (C=O) groups excluding carboxylic acids is 1. The number of nitrogens with one attached hydrogen (secondary N) is 1. The van der Waals surface area contributed by atoms with Crippen LogP contribution in [0.2, 0.25) is 5.02 Å². The maximum Gasteiger partial charge on any atom is 0.255 e. The van der Waals surface area contributed by atoms with Gasteiger partial charge >= 0.3 is 0 Å². The lowest BCUT2D eigenvalue weighted by Crippen LogP contribution is -2.27. The summed E-state index contributed by atoms with van der Waals surface area (Å²) in [5.74, 6) is -0.683. The first-order valence-corrected chi connectivity index (χ1v) is 8.21. The predicted molar refractivity (Wildman–Crippen MR) is 95.6 cm³/mol. The first-order chi connectivity index (χ1) is 12.0. The van der Waals surface area contributed by atoms with E-state index in [4.69, 9.17) is 11.6 Å². The largest absolute Gasteiger partial charge is 0.345 e. The number of hydrogen-bond acceptors (Lipinski definition) is 2. The molecule has 6 heteroatoms. The fraction of sp³-hybridized carbons (Fsp3) is 0.158. The minimum absolute atomic E-state index is 0.266. The van der Waals surface area contributed by atoms with E-state index in [1.54, 1.807) is 31.2 Å². The number of hydrogen-bond donors (Lipinski definition) is 1. The summed E-state index contributed by atoms with van der Waals surface area (Å²) in [5.41, 5.74) is 2.09. The Kier molecular flexibility index (Phi) is 4.86. The SMILES string of the molecule is Cc1c(C(=O)NC(C)c2ccccc2Cl)cnn1-c1ccccc1F. The number of para-hydroxylation sites is 1. The van der Waals surface area contributed by atoms with E-state index in [0.29, 0.717) is 22.0 Å². The molecular formula is C19H17ClFN3O. The van der Waals surface area contributed by atoms with Crippen molar-refractivity contribution in [1.82, 2.24) is 15.1 Å². The third-order valence-corrected chi connectivity index (χ3v) is 4.40. The van der Waals surface area contributed by atoms with Crippen molar-refractivity contribution in [2.75, 3.05) is 0 Å². The van der Waals surface area contributed by atoms with E-state index >= 15 is 0 Å². The summed E-state index contributed by atoms with van der Waals surface area (Å²) >= 11 is 6.17. The van der Waals surface area contributed by atoms with Crippen molar-refractivity contribution >= 4 is 17.5 Å². The molecule has 0 saturated heterocycles. The van der Waals surface area contributed by atoms with Gasteiger partial charge in [-0.25, -0.2) is 9.07 Å². The minimum atomic E-state index is -0.398. The number of aromatic nitrogens is 2. The summed E-state index contributed by atoms with van der Waals surface area (Å²) in [5, 5.41) is 7.65. The molecule has 0 fully saturated rings. The minimum Gasteiger partial charge on any atom is -0.345 e. The van der Waals surface area contributed by atoms with Gasteiger partial charge in [-0.05, 0) is 37.6 Å². The van der Waals surface area contributed by atoms with Crippen LogP contribution in [0.15, 0.2) is 54.7 Å². The molecule has 1 N–H and O–H groups in total. The second kappa shape index (κ2) is 7.07. The molecular weight excluding hydrogens is 341 g/mol. The summed E-state index contributed by atoms with van der Waals surface area (Å²) < 4.78 is 15.4. The number of amides is 1. The van der Waals surface area contributed by atoms with E-state index in [1.807, 2.05) is 25.1 Å². The average molecular weight is 358 g/mol. The third-order valence-electron chi connectivity index (χ3n) is 4.05. The van der Waals surface area contributed by atoms with Crippen molar-refractivity contribution in [3.63, 3.8) is 0 Å². The smallest absolute Gasteiger partial charge is 0.255 e. The van der Waals surface area contributed by atoms with Gasteiger partial charge in [0.25, 0.3) is 5.91 Å². The maximum atomic E-state index is 14.0. The van der Waals surface area contributed by atoms with E-state index < -0.39 is 5.82 Å². The number of nitrogens with zero attached hydrogens (tertiary/aromatic N) is 2. The predicted octanol–water partition coefficient (Wildman–Crippen LogP) is 4.46. The van der Waals surface area contributed by atoms with Gasteiger partial charge in [0, 0.05) is 5.02 Å². The molecule has 0 aliphatic heterocycles. The van der Waals surface area contributed by atoms with Crippen LogP contribution in [0.1, 0.15) is 34.6 Å². The molecule has 3 rings (SSSR count). The summed E-state index contributed by atoms with van der Waals surface area (Å²) in [6, 6.07) is 13.4. The standard InChI is InChI=1S/C19H17ClFN3O/c1-12(14-7-3-4-8-16(14)20)23-19(25)15-11-22-24(13(15)2)18-10-6-5-9-17(18)21/h3-12H,1-2H3,(H,23,25). The van der Waals surface area contributed by atoms with Gasteiger partial charge in [0.2, 0.25) is 0 Å². The Balaban J connectivity index is 1.85. The lowest BCUT2D eigenvalue weighted by molar-refractivity contribution is 0.0939. The van der Waals surface area contributed by atoms with E-state index in [-0.39, 0.29) is 11.9 Å². The Morgan fingerprint density at radius 3 is 2.60 bits per heavy atom. The first-order valence-electron chi connectivity index (χ1n) is 7.84. The molecule has 0 spiro atoms. The average Bonchev–Trinajstić information content (AvgIpc) is 2.97.